The van der Waals surface area contributed by atoms with Gasteiger partial charge in [-0.05, 0) is 86.2 Å². The minimum absolute atomic E-state index is 0.00351. The van der Waals surface area contributed by atoms with Gasteiger partial charge in [-0.3, -0.25) is 14.5 Å². The minimum atomic E-state index is -0.188. The fraction of sp³-hybridized carbons (Fsp3) is 0.524. The standard InChI is InChI=1S/C21H29N3O2.C21H27N3O2/c2*1-4-15(12-25)22-21(26)14-8-17-16-6-5-7-18-20(16)13(10-23(18)2)9-19(17)24(3)11-14/h5-7,10,14-15,17,19,25H,4,8-9,11-12H2,1-3H3,(H,22,26);5-8,10,14-15,19,25H,4,9,11-12H2,1-3H3,(H,22,26)/t14-,15+,17?,19-;14-,15+,19-/m11/s1. The van der Waals surface area contributed by atoms with Gasteiger partial charge < -0.3 is 34.9 Å². The quantitative estimate of drug-likeness (QED) is 0.221. The van der Waals surface area contributed by atoms with Gasteiger partial charge in [-0.1, -0.05) is 44.2 Å². The Morgan fingerprint density at radius 1 is 0.788 bits per heavy atom. The Balaban J connectivity index is 0.000000162. The van der Waals surface area contributed by atoms with Crippen LogP contribution in [0.15, 0.2) is 54.9 Å². The highest BCUT2D eigenvalue weighted by Gasteiger charge is 2.42. The van der Waals surface area contributed by atoms with Crippen LogP contribution in [0.5, 0.6) is 0 Å². The van der Waals surface area contributed by atoms with E-state index >= 15 is 0 Å². The normalized spacial score (nSPS) is 25.0. The van der Waals surface area contributed by atoms with Crippen LogP contribution in [-0.2, 0) is 36.5 Å². The van der Waals surface area contributed by atoms with Crippen LogP contribution in [0, 0.1) is 11.8 Å². The first-order valence-electron chi connectivity index (χ1n) is 19.1. The van der Waals surface area contributed by atoms with Crippen molar-refractivity contribution in [2.24, 2.45) is 25.9 Å². The lowest BCUT2D eigenvalue weighted by Crippen LogP contribution is -2.52. The van der Waals surface area contributed by atoms with Crippen molar-refractivity contribution in [2.75, 3.05) is 40.4 Å². The molecule has 2 aliphatic heterocycles. The topological polar surface area (TPSA) is 115 Å². The van der Waals surface area contributed by atoms with E-state index in [0.717, 1.165) is 38.6 Å². The number of nitrogens with zero attached hydrogens (tertiary/aromatic N) is 4. The number of amides is 2. The zero-order valence-electron chi connectivity index (χ0n) is 31.6. The molecule has 52 heavy (non-hydrogen) atoms. The molecule has 0 bridgehead atoms. The van der Waals surface area contributed by atoms with Crippen molar-refractivity contribution in [3.05, 3.63) is 77.1 Å². The number of fused-ring (bicyclic) bond motifs is 4. The van der Waals surface area contributed by atoms with E-state index in [9.17, 15) is 19.8 Å². The monoisotopic (exact) mass is 708 g/mol. The highest BCUT2D eigenvalue weighted by molar-refractivity contribution is 5.99. The van der Waals surface area contributed by atoms with E-state index in [-0.39, 0.29) is 48.9 Å². The van der Waals surface area contributed by atoms with Gasteiger partial charge in [-0.25, -0.2) is 0 Å². The summed E-state index contributed by atoms with van der Waals surface area (Å²) in [5.74, 6) is 0.268. The SMILES string of the molecule is CC[C@@H](CO)NC(=O)[C@@H]1C=C2c3cccc4c3c(cn4C)C[C@H]2N(C)C1.CC[C@@H](CO)NC(=O)[C@@H]1CC2c3cccc4c3c(cn4C)C[C@H]2N(C)C1. The molecule has 1 fully saturated rings. The molecule has 0 radical (unpaired) electrons. The zero-order valence-corrected chi connectivity index (χ0v) is 31.6. The maximum atomic E-state index is 12.8. The van der Waals surface area contributed by atoms with Crippen LogP contribution in [0.1, 0.15) is 61.3 Å². The number of benzene rings is 2. The molecule has 10 heteroatoms. The van der Waals surface area contributed by atoms with Crippen LogP contribution < -0.4 is 10.6 Å². The number of nitrogens with one attached hydrogen (secondary N) is 2. The smallest absolute Gasteiger partial charge is 0.228 e. The lowest BCUT2D eigenvalue weighted by atomic mass is 9.72. The highest BCUT2D eigenvalue weighted by atomic mass is 16.3. The van der Waals surface area contributed by atoms with Gasteiger partial charge in [0.15, 0.2) is 0 Å². The molecule has 2 aromatic carbocycles. The van der Waals surface area contributed by atoms with E-state index in [4.69, 9.17) is 0 Å². The molecule has 278 valence electrons. The molecule has 4 aromatic rings. The molecular weight excluding hydrogens is 652 g/mol. The predicted octanol–water partition coefficient (Wildman–Crippen LogP) is 3.96. The number of piperidine rings is 1. The third-order valence-corrected chi connectivity index (χ3v) is 12.4. The van der Waals surface area contributed by atoms with Crippen LogP contribution in [0.3, 0.4) is 0 Å². The second-order valence-corrected chi connectivity index (χ2v) is 15.7. The molecule has 0 spiro atoms. The Kier molecular flexibility index (Phi) is 10.4. The van der Waals surface area contributed by atoms with Crippen molar-refractivity contribution in [1.29, 1.82) is 0 Å². The van der Waals surface area contributed by atoms with Gasteiger partial charge >= 0.3 is 0 Å². The Morgan fingerprint density at radius 2 is 1.40 bits per heavy atom. The maximum absolute atomic E-state index is 12.8. The first kappa shape index (κ1) is 36.4. The van der Waals surface area contributed by atoms with Crippen LogP contribution in [0.25, 0.3) is 27.4 Å². The molecule has 2 aliphatic carbocycles. The molecule has 10 nitrogen and oxygen atoms in total. The minimum Gasteiger partial charge on any atom is -0.394 e. The maximum Gasteiger partial charge on any atom is 0.228 e. The summed E-state index contributed by atoms with van der Waals surface area (Å²) in [7, 11) is 8.47. The lowest BCUT2D eigenvalue weighted by Gasteiger charge is -2.45. The Labute approximate surface area is 307 Å². The van der Waals surface area contributed by atoms with E-state index in [0.29, 0.717) is 24.5 Å². The average Bonchev–Trinajstić information content (AvgIpc) is 3.66. The molecule has 8 rings (SSSR count). The van der Waals surface area contributed by atoms with Gasteiger partial charge in [0.2, 0.25) is 11.8 Å². The van der Waals surface area contributed by atoms with Crippen molar-refractivity contribution in [2.45, 2.75) is 76.0 Å². The number of likely N-dealkylation sites (N-methyl/N-ethyl adjacent to an activating group) is 2. The van der Waals surface area contributed by atoms with E-state index in [1.54, 1.807) is 0 Å². The number of hydrogen-bond donors (Lipinski definition) is 4. The van der Waals surface area contributed by atoms with Gasteiger partial charge in [0.05, 0.1) is 37.1 Å². The van der Waals surface area contributed by atoms with E-state index in [1.165, 1.54) is 49.6 Å². The average molecular weight is 709 g/mol. The summed E-state index contributed by atoms with van der Waals surface area (Å²) in [4.78, 5) is 30.2. The number of aliphatic hydroxyl groups is 2. The fourth-order valence-electron chi connectivity index (χ4n) is 9.48. The molecule has 2 amide bonds. The van der Waals surface area contributed by atoms with Gasteiger partial charge in [-0.2, -0.15) is 0 Å². The number of aryl methyl sites for hydroxylation is 2. The lowest BCUT2D eigenvalue weighted by molar-refractivity contribution is -0.128. The number of aromatic nitrogens is 2. The number of rotatable bonds is 8. The molecule has 4 N–H and O–H groups in total. The molecule has 4 heterocycles. The first-order valence-corrected chi connectivity index (χ1v) is 19.1. The summed E-state index contributed by atoms with van der Waals surface area (Å²) in [6.45, 7) is 5.44. The van der Waals surface area contributed by atoms with Crippen LogP contribution in [-0.4, -0.2) is 106 Å². The fourth-order valence-corrected chi connectivity index (χ4v) is 9.48. The number of likely N-dealkylation sites (tertiary alicyclic amines) is 1. The molecular formula is C42H56N6O4. The van der Waals surface area contributed by atoms with Crippen molar-refractivity contribution >= 4 is 39.2 Å². The Bertz CT molecular complexity index is 1990. The van der Waals surface area contributed by atoms with Crippen molar-refractivity contribution in [3.63, 3.8) is 0 Å². The summed E-state index contributed by atoms with van der Waals surface area (Å²) in [6.07, 6.45) is 11.1. The Hall–Kier alpha value is -3.96. The third kappa shape index (κ3) is 6.48. The molecule has 1 unspecified atom stereocenters. The molecule has 7 atom stereocenters. The summed E-state index contributed by atoms with van der Waals surface area (Å²) in [6, 6.07) is 13.5. The molecule has 4 aliphatic rings. The van der Waals surface area contributed by atoms with Crippen LogP contribution in [0.4, 0.5) is 0 Å². The van der Waals surface area contributed by atoms with Crippen molar-refractivity contribution in [3.8, 4) is 0 Å². The number of hydrogen-bond acceptors (Lipinski definition) is 6. The molecule has 0 saturated carbocycles. The highest BCUT2D eigenvalue weighted by Crippen LogP contribution is 2.45. The zero-order chi connectivity index (χ0) is 36.8. The largest absolute Gasteiger partial charge is 0.394 e. The molecule has 2 aromatic heterocycles. The summed E-state index contributed by atoms with van der Waals surface area (Å²) in [5.41, 5.74) is 9.27. The summed E-state index contributed by atoms with van der Waals surface area (Å²) >= 11 is 0. The van der Waals surface area contributed by atoms with Crippen molar-refractivity contribution in [1.82, 2.24) is 29.6 Å². The third-order valence-electron chi connectivity index (χ3n) is 12.4. The number of carbonyl (C=O) groups excluding carboxylic acids is 2. The molecule has 1 saturated heterocycles. The second kappa shape index (κ2) is 14.8. The van der Waals surface area contributed by atoms with Crippen LogP contribution in [0.2, 0.25) is 0 Å². The van der Waals surface area contributed by atoms with Crippen molar-refractivity contribution < 1.29 is 19.8 Å². The van der Waals surface area contributed by atoms with E-state index < -0.39 is 0 Å². The predicted molar refractivity (Wildman–Crippen MR) is 207 cm³/mol. The second-order valence-electron chi connectivity index (χ2n) is 15.7. The van der Waals surface area contributed by atoms with Gasteiger partial charge in [-0.15, -0.1) is 0 Å². The van der Waals surface area contributed by atoms with Crippen LogP contribution >= 0.6 is 0 Å². The summed E-state index contributed by atoms with van der Waals surface area (Å²) in [5, 5.41) is 27.5. The Morgan fingerprint density at radius 3 is 2.06 bits per heavy atom. The van der Waals surface area contributed by atoms with Gasteiger partial charge in [0.25, 0.3) is 0 Å². The van der Waals surface area contributed by atoms with Gasteiger partial charge in [0, 0.05) is 79.4 Å². The van der Waals surface area contributed by atoms with Gasteiger partial charge in [0.1, 0.15) is 0 Å². The van der Waals surface area contributed by atoms with E-state index in [2.05, 4.69) is 113 Å². The van der Waals surface area contributed by atoms with E-state index in [1.807, 2.05) is 13.8 Å². The summed E-state index contributed by atoms with van der Waals surface area (Å²) < 4.78 is 4.42. The number of aliphatic hydroxyl groups excluding tert-OH is 2. The first-order chi connectivity index (χ1) is 25.1. The number of carbonyl (C=O) groups is 2.